The number of nitrogens with zero attached hydrogens (tertiary/aromatic N) is 3. The van der Waals surface area contributed by atoms with Crippen LogP contribution in [0, 0.1) is 13.8 Å². The predicted molar refractivity (Wildman–Crippen MR) is 131 cm³/mol. The van der Waals surface area contributed by atoms with Crippen LogP contribution in [0.2, 0.25) is 0 Å². The van der Waals surface area contributed by atoms with Gasteiger partial charge in [-0.1, -0.05) is 31.0 Å². The second-order valence-corrected chi connectivity index (χ2v) is 11.0. The SMILES string of the molecule is CCn1c(SCC(=O)NCC2(N3CCOCC3)CCCCC2)nc2sc(C)c(C)c2c1=O. The van der Waals surface area contributed by atoms with Gasteiger partial charge in [-0.2, -0.15) is 0 Å². The maximum atomic E-state index is 13.0. The number of thioether (sulfide) groups is 1. The van der Waals surface area contributed by atoms with E-state index in [4.69, 9.17) is 9.72 Å². The summed E-state index contributed by atoms with van der Waals surface area (Å²) in [5.74, 6) is 0.268. The number of aromatic nitrogens is 2. The Balaban J connectivity index is 1.43. The molecular weight excluding hydrogens is 444 g/mol. The lowest BCUT2D eigenvalue weighted by Crippen LogP contribution is -2.59. The lowest BCUT2D eigenvalue weighted by atomic mass is 9.79. The Labute approximate surface area is 197 Å². The van der Waals surface area contributed by atoms with Crippen molar-refractivity contribution in [2.75, 3.05) is 38.6 Å². The standard InChI is InChI=1S/C23H34N4O3S2/c1-4-27-21(29)19-16(2)17(3)32-20(19)25-22(27)31-14-18(28)24-15-23(8-6-5-7-9-23)26-10-12-30-13-11-26/h4-15H2,1-3H3,(H,24,28). The van der Waals surface area contributed by atoms with Crippen molar-refractivity contribution < 1.29 is 9.53 Å². The van der Waals surface area contributed by atoms with E-state index in [1.165, 1.54) is 31.0 Å². The Hall–Kier alpha value is -1.42. The van der Waals surface area contributed by atoms with Crippen LogP contribution in [-0.2, 0) is 16.1 Å². The van der Waals surface area contributed by atoms with Crippen LogP contribution < -0.4 is 10.9 Å². The number of morpholine rings is 1. The Morgan fingerprint density at radius 3 is 2.62 bits per heavy atom. The van der Waals surface area contributed by atoms with Gasteiger partial charge in [0.2, 0.25) is 5.91 Å². The first kappa shape index (κ1) is 23.7. The number of thiophene rings is 1. The molecule has 3 heterocycles. The van der Waals surface area contributed by atoms with E-state index in [1.807, 2.05) is 20.8 Å². The molecule has 9 heteroatoms. The summed E-state index contributed by atoms with van der Waals surface area (Å²) in [5, 5.41) is 4.55. The van der Waals surface area contributed by atoms with E-state index < -0.39 is 0 Å². The Kier molecular flexibility index (Phi) is 7.59. The van der Waals surface area contributed by atoms with Crippen LogP contribution >= 0.6 is 23.1 Å². The molecule has 0 atom stereocenters. The number of hydrogen-bond acceptors (Lipinski definition) is 7. The highest BCUT2D eigenvalue weighted by Crippen LogP contribution is 2.34. The third-order valence-corrected chi connectivity index (χ3v) is 9.06. The van der Waals surface area contributed by atoms with Gasteiger partial charge in [-0.25, -0.2) is 4.98 Å². The third-order valence-electron chi connectivity index (χ3n) is 6.98. The van der Waals surface area contributed by atoms with E-state index in [2.05, 4.69) is 10.2 Å². The number of rotatable bonds is 7. The molecule has 176 valence electrons. The van der Waals surface area contributed by atoms with Crippen molar-refractivity contribution in [3.05, 3.63) is 20.8 Å². The molecule has 0 radical (unpaired) electrons. The summed E-state index contributed by atoms with van der Waals surface area (Å²) in [6.45, 7) is 10.6. The van der Waals surface area contributed by atoms with Crippen LogP contribution in [0.25, 0.3) is 10.2 Å². The highest BCUT2D eigenvalue weighted by Gasteiger charge is 2.38. The molecule has 0 aromatic carbocycles. The van der Waals surface area contributed by atoms with E-state index in [-0.39, 0.29) is 22.8 Å². The van der Waals surface area contributed by atoms with Crippen LogP contribution in [0.4, 0.5) is 0 Å². The summed E-state index contributed by atoms with van der Waals surface area (Å²) < 4.78 is 7.24. The molecule has 0 bridgehead atoms. The van der Waals surface area contributed by atoms with Crippen molar-refractivity contribution >= 4 is 39.2 Å². The van der Waals surface area contributed by atoms with Crippen molar-refractivity contribution in [1.82, 2.24) is 19.8 Å². The van der Waals surface area contributed by atoms with E-state index in [1.54, 1.807) is 15.9 Å². The largest absolute Gasteiger partial charge is 0.379 e. The maximum absolute atomic E-state index is 13.0. The minimum Gasteiger partial charge on any atom is -0.379 e. The Morgan fingerprint density at radius 2 is 1.94 bits per heavy atom. The number of ether oxygens (including phenoxy) is 1. The molecule has 0 unspecified atom stereocenters. The molecule has 1 N–H and O–H groups in total. The van der Waals surface area contributed by atoms with Crippen molar-refractivity contribution in [2.45, 2.75) is 70.1 Å². The zero-order valence-corrected chi connectivity index (χ0v) is 21.0. The smallest absolute Gasteiger partial charge is 0.263 e. The number of amides is 1. The molecular formula is C23H34N4O3S2. The molecule has 1 aliphatic carbocycles. The predicted octanol–water partition coefficient (Wildman–Crippen LogP) is 3.34. The van der Waals surface area contributed by atoms with Crippen LogP contribution in [-0.4, -0.2) is 64.5 Å². The second-order valence-electron chi connectivity index (χ2n) is 8.86. The van der Waals surface area contributed by atoms with Crippen molar-refractivity contribution in [3.8, 4) is 0 Å². The fourth-order valence-electron chi connectivity index (χ4n) is 4.99. The Bertz CT molecular complexity index is 1020. The van der Waals surface area contributed by atoms with Gasteiger partial charge < -0.3 is 10.1 Å². The molecule has 2 aromatic rings. The van der Waals surface area contributed by atoms with Gasteiger partial charge >= 0.3 is 0 Å². The van der Waals surface area contributed by atoms with Crippen molar-refractivity contribution in [3.63, 3.8) is 0 Å². The van der Waals surface area contributed by atoms with Gasteiger partial charge in [-0.3, -0.25) is 19.1 Å². The molecule has 2 fully saturated rings. The number of carbonyl (C=O) groups is 1. The molecule has 1 aliphatic heterocycles. The van der Waals surface area contributed by atoms with Crippen molar-refractivity contribution in [1.29, 1.82) is 0 Å². The third kappa shape index (κ3) is 4.76. The average Bonchev–Trinajstić information content (AvgIpc) is 3.11. The van der Waals surface area contributed by atoms with Gasteiger partial charge in [0.05, 0.1) is 24.4 Å². The molecule has 1 saturated carbocycles. The van der Waals surface area contributed by atoms with Gasteiger partial charge in [0.1, 0.15) is 4.83 Å². The topological polar surface area (TPSA) is 76.5 Å². The molecule has 1 saturated heterocycles. The lowest BCUT2D eigenvalue weighted by molar-refractivity contribution is -0.119. The van der Waals surface area contributed by atoms with E-state index >= 15 is 0 Å². The summed E-state index contributed by atoms with van der Waals surface area (Å²) in [7, 11) is 0. The summed E-state index contributed by atoms with van der Waals surface area (Å²) in [5.41, 5.74) is 1.06. The van der Waals surface area contributed by atoms with E-state index in [0.29, 0.717) is 23.6 Å². The maximum Gasteiger partial charge on any atom is 0.263 e. The number of hydrogen-bond donors (Lipinski definition) is 1. The Morgan fingerprint density at radius 1 is 1.22 bits per heavy atom. The molecule has 7 nitrogen and oxygen atoms in total. The number of carbonyl (C=O) groups excluding carboxylic acids is 1. The van der Waals surface area contributed by atoms with Crippen LogP contribution in [0.5, 0.6) is 0 Å². The monoisotopic (exact) mass is 478 g/mol. The molecule has 32 heavy (non-hydrogen) atoms. The minimum atomic E-state index is -0.00395. The normalized spacial score (nSPS) is 19.3. The summed E-state index contributed by atoms with van der Waals surface area (Å²) in [6.07, 6.45) is 5.97. The summed E-state index contributed by atoms with van der Waals surface area (Å²) in [4.78, 5) is 35.0. The quantitative estimate of drug-likeness (QED) is 0.486. The van der Waals surface area contributed by atoms with Crippen LogP contribution in [0.3, 0.4) is 0 Å². The first-order valence-electron chi connectivity index (χ1n) is 11.7. The highest BCUT2D eigenvalue weighted by atomic mass is 32.2. The second kappa shape index (κ2) is 10.2. The zero-order valence-electron chi connectivity index (χ0n) is 19.4. The first-order valence-corrected chi connectivity index (χ1v) is 13.5. The van der Waals surface area contributed by atoms with Gasteiger partial charge in [0, 0.05) is 36.6 Å². The summed E-state index contributed by atoms with van der Waals surface area (Å²) in [6, 6.07) is 0. The van der Waals surface area contributed by atoms with Gasteiger partial charge in [0.25, 0.3) is 5.56 Å². The number of aryl methyl sites for hydroxylation is 2. The van der Waals surface area contributed by atoms with Crippen LogP contribution in [0.15, 0.2) is 9.95 Å². The van der Waals surface area contributed by atoms with Gasteiger partial charge in [-0.15, -0.1) is 11.3 Å². The zero-order chi connectivity index (χ0) is 22.7. The fraction of sp³-hybridized carbons (Fsp3) is 0.696. The molecule has 1 amide bonds. The molecule has 0 spiro atoms. The number of fused-ring (bicyclic) bond motifs is 1. The van der Waals surface area contributed by atoms with E-state index in [9.17, 15) is 9.59 Å². The molecule has 2 aliphatic rings. The minimum absolute atomic E-state index is 0.00347. The number of nitrogens with one attached hydrogen (secondary N) is 1. The van der Waals surface area contributed by atoms with E-state index in [0.717, 1.165) is 54.4 Å². The molecule has 4 rings (SSSR count). The average molecular weight is 479 g/mol. The van der Waals surface area contributed by atoms with Crippen LogP contribution in [0.1, 0.15) is 49.5 Å². The van der Waals surface area contributed by atoms with Gasteiger partial charge in [-0.05, 0) is 39.2 Å². The summed E-state index contributed by atoms with van der Waals surface area (Å²) >= 11 is 2.91. The van der Waals surface area contributed by atoms with Gasteiger partial charge in [0.15, 0.2) is 5.16 Å². The molecule has 2 aromatic heterocycles. The first-order chi connectivity index (χ1) is 15.4. The lowest BCUT2D eigenvalue weighted by Gasteiger charge is -2.48. The fourth-order valence-corrected chi connectivity index (χ4v) is 6.96. The van der Waals surface area contributed by atoms with Crippen molar-refractivity contribution in [2.24, 2.45) is 0 Å². The highest BCUT2D eigenvalue weighted by molar-refractivity contribution is 7.99.